The van der Waals surface area contributed by atoms with Crippen molar-refractivity contribution in [1.82, 2.24) is 4.98 Å². The molecule has 3 heteroatoms. The lowest BCUT2D eigenvalue weighted by Gasteiger charge is -2.45. The molecule has 1 saturated heterocycles. The number of fused-ring (bicyclic) bond motifs is 1. The van der Waals surface area contributed by atoms with Gasteiger partial charge in [-0.25, -0.2) is 4.98 Å². The van der Waals surface area contributed by atoms with E-state index in [1.165, 1.54) is 38.5 Å². The zero-order valence-corrected chi connectivity index (χ0v) is 10.1. The van der Waals surface area contributed by atoms with Gasteiger partial charge in [0.2, 0.25) is 5.95 Å². The number of halogens is 1. The highest BCUT2D eigenvalue weighted by atomic mass is 19.1. The first-order valence-electron chi connectivity index (χ1n) is 6.73. The molecular weight excluding hydrogens is 215 g/mol. The molecule has 0 amide bonds. The number of hydrogen-bond donors (Lipinski definition) is 0. The van der Waals surface area contributed by atoms with Crippen molar-refractivity contribution >= 4 is 5.69 Å². The Labute approximate surface area is 102 Å². The summed E-state index contributed by atoms with van der Waals surface area (Å²) >= 11 is 0. The van der Waals surface area contributed by atoms with Crippen LogP contribution in [-0.4, -0.2) is 17.6 Å². The normalized spacial score (nSPS) is 28.9. The molecule has 0 aromatic carbocycles. The summed E-state index contributed by atoms with van der Waals surface area (Å²) in [7, 11) is 0. The van der Waals surface area contributed by atoms with E-state index in [9.17, 15) is 4.39 Å². The van der Waals surface area contributed by atoms with Crippen LogP contribution in [-0.2, 0) is 0 Å². The second-order valence-electron chi connectivity index (χ2n) is 5.28. The summed E-state index contributed by atoms with van der Waals surface area (Å²) in [6.07, 6.45) is 9.51. The lowest BCUT2D eigenvalue weighted by Crippen LogP contribution is -2.46. The van der Waals surface area contributed by atoms with E-state index in [1.807, 2.05) is 6.07 Å². The van der Waals surface area contributed by atoms with E-state index in [0.717, 1.165) is 18.2 Å². The average molecular weight is 234 g/mol. The van der Waals surface area contributed by atoms with E-state index in [-0.39, 0.29) is 5.95 Å². The van der Waals surface area contributed by atoms with Gasteiger partial charge in [0, 0.05) is 30.5 Å². The van der Waals surface area contributed by atoms with Crippen molar-refractivity contribution < 1.29 is 4.39 Å². The fourth-order valence-electron chi connectivity index (χ4n) is 3.52. The molecule has 1 saturated carbocycles. The highest BCUT2D eigenvalue weighted by Crippen LogP contribution is 2.37. The molecule has 0 bridgehead atoms. The van der Waals surface area contributed by atoms with Gasteiger partial charge < -0.3 is 4.90 Å². The lowest BCUT2D eigenvalue weighted by molar-refractivity contribution is 0.243. The molecule has 0 N–H and O–H groups in total. The molecule has 2 fully saturated rings. The zero-order valence-electron chi connectivity index (χ0n) is 10.1. The predicted octanol–water partition coefficient (Wildman–Crippen LogP) is 3.38. The van der Waals surface area contributed by atoms with Crippen LogP contribution in [0, 0.1) is 11.9 Å². The van der Waals surface area contributed by atoms with Gasteiger partial charge >= 0.3 is 0 Å². The molecule has 0 radical (unpaired) electrons. The number of aromatic nitrogens is 1. The number of hydrogen-bond acceptors (Lipinski definition) is 2. The van der Waals surface area contributed by atoms with Gasteiger partial charge in [-0.1, -0.05) is 12.8 Å². The maximum atomic E-state index is 13.2. The van der Waals surface area contributed by atoms with Gasteiger partial charge in [-0.2, -0.15) is 4.39 Å². The summed E-state index contributed by atoms with van der Waals surface area (Å²) in [6, 6.07) is 4.16. The van der Waals surface area contributed by atoms with Crippen LogP contribution in [0.3, 0.4) is 0 Å². The third-order valence-corrected chi connectivity index (χ3v) is 4.29. The van der Waals surface area contributed by atoms with Gasteiger partial charge in [-0.15, -0.1) is 0 Å². The molecule has 0 spiro atoms. The molecule has 2 heterocycles. The molecule has 2 aliphatic rings. The van der Waals surface area contributed by atoms with E-state index >= 15 is 0 Å². The molecule has 2 nitrogen and oxygen atoms in total. The summed E-state index contributed by atoms with van der Waals surface area (Å²) in [4.78, 5) is 6.06. The van der Waals surface area contributed by atoms with Gasteiger partial charge in [-0.05, 0) is 37.7 Å². The number of nitrogens with zero attached hydrogens (tertiary/aromatic N) is 2. The number of piperidine rings is 1. The minimum atomic E-state index is -0.361. The second kappa shape index (κ2) is 4.63. The summed E-state index contributed by atoms with van der Waals surface area (Å²) in [5.74, 6) is 0.467. The first kappa shape index (κ1) is 11.0. The van der Waals surface area contributed by atoms with Gasteiger partial charge in [0.15, 0.2) is 0 Å². The van der Waals surface area contributed by atoms with Gasteiger partial charge in [0.05, 0.1) is 0 Å². The minimum absolute atomic E-state index is 0.361. The highest BCUT2D eigenvalue weighted by Gasteiger charge is 2.33. The highest BCUT2D eigenvalue weighted by molar-refractivity contribution is 5.46. The maximum Gasteiger partial charge on any atom is 0.214 e. The topological polar surface area (TPSA) is 16.1 Å². The first-order chi connectivity index (χ1) is 8.34. The van der Waals surface area contributed by atoms with Crippen molar-refractivity contribution in [2.24, 2.45) is 5.92 Å². The molecule has 1 aromatic heterocycles. The van der Waals surface area contributed by atoms with E-state index < -0.39 is 0 Å². The maximum absolute atomic E-state index is 13.2. The summed E-state index contributed by atoms with van der Waals surface area (Å²) in [5.41, 5.74) is 1.02. The standard InChI is InChI=1S/C14H19FN2/c15-14-10-12(7-8-16-14)17-9-3-5-11-4-1-2-6-13(11)17/h7-8,10-11,13H,1-6,9H2/t11-,13-/m1/s1. The lowest BCUT2D eigenvalue weighted by atomic mass is 9.78. The number of rotatable bonds is 1. The molecule has 92 valence electrons. The van der Waals surface area contributed by atoms with Gasteiger partial charge in [0.1, 0.15) is 0 Å². The van der Waals surface area contributed by atoms with Crippen LogP contribution < -0.4 is 4.90 Å². The third-order valence-electron chi connectivity index (χ3n) is 4.29. The van der Waals surface area contributed by atoms with E-state index in [1.54, 1.807) is 12.3 Å². The van der Waals surface area contributed by atoms with Crippen LogP contribution in [0.4, 0.5) is 10.1 Å². The number of pyridine rings is 1. The van der Waals surface area contributed by atoms with E-state index in [4.69, 9.17) is 0 Å². The smallest absolute Gasteiger partial charge is 0.214 e. The Morgan fingerprint density at radius 2 is 2.00 bits per heavy atom. The van der Waals surface area contributed by atoms with Crippen LogP contribution in [0.15, 0.2) is 18.3 Å². The van der Waals surface area contributed by atoms with Crippen LogP contribution in [0.1, 0.15) is 38.5 Å². The van der Waals surface area contributed by atoms with Crippen molar-refractivity contribution in [1.29, 1.82) is 0 Å². The molecular formula is C14H19FN2. The first-order valence-corrected chi connectivity index (χ1v) is 6.73. The monoisotopic (exact) mass is 234 g/mol. The summed E-state index contributed by atoms with van der Waals surface area (Å²) in [6.45, 7) is 1.07. The largest absolute Gasteiger partial charge is 0.368 e. The Hall–Kier alpha value is -1.12. The molecule has 0 unspecified atom stereocenters. The third kappa shape index (κ3) is 2.15. The Morgan fingerprint density at radius 3 is 2.88 bits per heavy atom. The zero-order chi connectivity index (χ0) is 11.7. The summed E-state index contributed by atoms with van der Waals surface area (Å²) in [5, 5.41) is 0. The van der Waals surface area contributed by atoms with Crippen LogP contribution in [0.5, 0.6) is 0 Å². The minimum Gasteiger partial charge on any atom is -0.368 e. The van der Waals surface area contributed by atoms with Crippen LogP contribution >= 0.6 is 0 Å². The quantitative estimate of drug-likeness (QED) is 0.692. The van der Waals surface area contributed by atoms with Crippen LogP contribution in [0.25, 0.3) is 0 Å². The van der Waals surface area contributed by atoms with Crippen molar-refractivity contribution in [3.8, 4) is 0 Å². The van der Waals surface area contributed by atoms with Gasteiger partial charge in [0.25, 0.3) is 0 Å². The average Bonchev–Trinajstić information content (AvgIpc) is 2.38. The number of anilines is 1. The van der Waals surface area contributed by atoms with E-state index in [0.29, 0.717) is 6.04 Å². The van der Waals surface area contributed by atoms with Crippen molar-refractivity contribution in [2.45, 2.75) is 44.6 Å². The Morgan fingerprint density at radius 1 is 1.18 bits per heavy atom. The fourth-order valence-corrected chi connectivity index (χ4v) is 3.52. The van der Waals surface area contributed by atoms with Crippen molar-refractivity contribution in [3.63, 3.8) is 0 Å². The van der Waals surface area contributed by atoms with Gasteiger partial charge in [-0.3, -0.25) is 0 Å². The van der Waals surface area contributed by atoms with Crippen LogP contribution in [0.2, 0.25) is 0 Å². The Kier molecular flexibility index (Phi) is 3.00. The second-order valence-corrected chi connectivity index (χ2v) is 5.28. The molecule has 1 aliphatic carbocycles. The van der Waals surface area contributed by atoms with E-state index in [2.05, 4.69) is 9.88 Å². The molecule has 2 atom stereocenters. The molecule has 3 rings (SSSR count). The molecule has 1 aliphatic heterocycles. The molecule has 17 heavy (non-hydrogen) atoms. The summed E-state index contributed by atoms with van der Waals surface area (Å²) < 4.78 is 13.2. The SMILES string of the molecule is Fc1cc(N2CCC[C@H]3CCCC[C@H]32)ccn1. The Balaban J connectivity index is 1.85. The van der Waals surface area contributed by atoms with Crippen molar-refractivity contribution in [2.75, 3.05) is 11.4 Å². The fraction of sp³-hybridized carbons (Fsp3) is 0.643. The molecule has 1 aromatic rings. The van der Waals surface area contributed by atoms with Crippen molar-refractivity contribution in [3.05, 3.63) is 24.3 Å². The Bertz CT molecular complexity index is 392. The predicted molar refractivity (Wildman–Crippen MR) is 66.5 cm³/mol.